The van der Waals surface area contributed by atoms with Gasteiger partial charge in [-0.3, -0.25) is 9.59 Å². The molecular formula is C20H15F2N5O2. The number of rotatable bonds is 4. The monoisotopic (exact) mass is 395 g/mol. The van der Waals surface area contributed by atoms with E-state index in [1.165, 1.54) is 20.0 Å². The second-order valence-corrected chi connectivity index (χ2v) is 6.63. The lowest BCUT2D eigenvalue weighted by molar-refractivity contribution is 0.101. The van der Waals surface area contributed by atoms with Crippen LogP contribution >= 0.6 is 0 Å². The van der Waals surface area contributed by atoms with Crippen LogP contribution in [0.4, 0.5) is 8.78 Å². The Labute approximate surface area is 163 Å². The zero-order valence-corrected chi connectivity index (χ0v) is 15.5. The van der Waals surface area contributed by atoms with Crippen molar-refractivity contribution in [2.45, 2.75) is 20.3 Å². The Bertz CT molecular complexity index is 1330. The molecule has 0 saturated carbocycles. The third kappa shape index (κ3) is 3.42. The molecule has 1 aromatic carbocycles. The smallest absolute Gasteiger partial charge is 0.262 e. The van der Waals surface area contributed by atoms with Crippen LogP contribution in [0.25, 0.3) is 17.2 Å². The first-order valence-electron chi connectivity index (χ1n) is 8.71. The first-order chi connectivity index (χ1) is 13.8. The highest BCUT2D eigenvalue weighted by molar-refractivity contribution is 5.93. The van der Waals surface area contributed by atoms with Gasteiger partial charge < -0.3 is 9.38 Å². The van der Waals surface area contributed by atoms with Crippen molar-refractivity contribution >= 4 is 11.4 Å². The van der Waals surface area contributed by atoms with Crippen LogP contribution in [0.15, 0.2) is 41.7 Å². The van der Waals surface area contributed by atoms with Gasteiger partial charge in [0.1, 0.15) is 22.9 Å². The molecule has 146 valence electrons. The van der Waals surface area contributed by atoms with Crippen molar-refractivity contribution < 1.29 is 13.6 Å². The predicted molar refractivity (Wildman–Crippen MR) is 101 cm³/mol. The molecule has 0 aliphatic carbocycles. The van der Waals surface area contributed by atoms with Crippen LogP contribution in [-0.4, -0.2) is 30.1 Å². The van der Waals surface area contributed by atoms with E-state index in [-0.39, 0.29) is 28.9 Å². The largest absolute Gasteiger partial charge is 0.305 e. The molecule has 0 amide bonds. The van der Waals surface area contributed by atoms with E-state index >= 15 is 0 Å². The highest BCUT2D eigenvalue weighted by atomic mass is 19.1. The van der Waals surface area contributed by atoms with E-state index < -0.39 is 23.0 Å². The molecule has 29 heavy (non-hydrogen) atoms. The standard InChI is InChI=1S/C20H15F2N5O2/c1-10-5-15(22)12(6-14(10)21)7-16-19-23-3-4-27(19)9-17(25-16)18-24-8-13(11(2)28)20(29)26-18/h3-6,8-9H,7H2,1-2H3,(H,24,26,29). The van der Waals surface area contributed by atoms with Gasteiger partial charge in [0, 0.05) is 31.2 Å². The Hall–Kier alpha value is -3.75. The number of aromatic amines is 1. The van der Waals surface area contributed by atoms with Crippen LogP contribution in [0, 0.1) is 18.6 Å². The zero-order valence-electron chi connectivity index (χ0n) is 15.5. The number of benzene rings is 1. The fraction of sp³-hybridized carbons (Fsp3) is 0.150. The maximum absolute atomic E-state index is 14.3. The van der Waals surface area contributed by atoms with Gasteiger partial charge >= 0.3 is 0 Å². The number of imidazole rings is 1. The average molecular weight is 395 g/mol. The Kier molecular flexibility index (Phi) is 4.50. The first kappa shape index (κ1) is 18.6. The molecule has 0 radical (unpaired) electrons. The van der Waals surface area contributed by atoms with Gasteiger partial charge in [-0.05, 0) is 37.1 Å². The van der Waals surface area contributed by atoms with E-state index in [1.54, 1.807) is 23.0 Å². The normalized spacial score (nSPS) is 11.2. The van der Waals surface area contributed by atoms with Gasteiger partial charge in [0.15, 0.2) is 17.3 Å². The van der Waals surface area contributed by atoms with Gasteiger partial charge in [0.05, 0.1) is 5.69 Å². The van der Waals surface area contributed by atoms with Crippen molar-refractivity contribution in [3.8, 4) is 11.5 Å². The van der Waals surface area contributed by atoms with E-state index in [0.717, 1.165) is 12.1 Å². The lowest BCUT2D eigenvalue weighted by Crippen LogP contribution is -2.18. The van der Waals surface area contributed by atoms with E-state index in [9.17, 15) is 18.4 Å². The molecule has 9 heteroatoms. The number of H-pyrrole nitrogens is 1. The number of hydrogen-bond acceptors (Lipinski definition) is 5. The number of fused-ring (bicyclic) bond motifs is 1. The zero-order chi connectivity index (χ0) is 20.7. The Morgan fingerprint density at radius 1 is 1.21 bits per heavy atom. The van der Waals surface area contributed by atoms with Crippen molar-refractivity contribution in [2.24, 2.45) is 0 Å². The van der Waals surface area contributed by atoms with Crippen molar-refractivity contribution in [1.82, 2.24) is 24.3 Å². The molecule has 0 bridgehead atoms. The molecule has 0 aliphatic rings. The summed E-state index contributed by atoms with van der Waals surface area (Å²) in [5.74, 6) is -1.31. The van der Waals surface area contributed by atoms with Crippen molar-refractivity contribution in [3.05, 3.63) is 81.3 Å². The van der Waals surface area contributed by atoms with Crippen LogP contribution in [0.2, 0.25) is 0 Å². The van der Waals surface area contributed by atoms with E-state index in [0.29, 0.717) is 17.0 Å². The first-order valence-corrected chi connectivity index (χ1v) is 8.71. The number of halogens is 2. The summed E-state index contributed by atoms with van der Waals surface area (Å²) in [6.45, 7) is 2.76. The van der Waals surface area contributed by atoms with Crippen LogP contribution in [0.3, 0.4) is 0 Å². The molecule has 4 rings (SSSR count). The molecule has 1 N–H and O–H groups in total. The average Bonchev–Trinajstić information content (AvgIpc) is 3.14. The molecule has 0 aliphatic heterocycles. The number of carbonyl (C=O) groups is 1. The minimum absolute atomic E-state index is 0.00680. The Balaban J connectivity index is 1.83. The van der Waals surface area contributed by atoms with Crippen molar-refractivity contribution in [3.63, 3.8) is 0 Å². The van der Waals surface area contributed by atoms with Crippen molar-refractivity contribution in [1.29, 1.82) is 0 Å². The lowest BCUT2D eigenvalue weighted by Gasteiger charge is -2.09. The molecular weight excluding hydrogens is 380 g/mol. The molecule has 3 heterocycles. The summed E-state index contributed by atoms with van der Waals surface area (Å²) in [7, 11) is 0. The highest BCUT2D eigenvalue weighted by Gasteiger charge is 2.16. The molecule has 4 aromatic rings. The van der Waals surface area contributed by atoms with Crippen LogP contribution in [-0.2, 0) is 6.42 Å². The van der Waals surface area contributed by atoms with Gasteiger partial charge in [-0.1, -0.05) is 0 Å². The number of aryl methyl sites for hydroxylation is 1. The molecule has 0 unspecified atom stereocenters. The summed E-state index contributed by atoms with van der Waals surface area (Å²) in [5, 5.41) is 0. The predicted octanol–water partition coefficient (Wildman–Crippen LogP) is 2.86. The van der Waals surface area contributed by atoms with Gasteiger partial charge in [-0.2, -0.15) is 0 Å². The molecule has 7 nitrogen and oxygen atoms in total. The third-order valence-electron chi connectivity index (χ3n) is 4.55. The van der Waals surface area contributed by atoms with Crippen LogP contribution in [0.5, 0.6) is 0 Å². The number of aromatic nitrogens is 5. The number of nitrogens with zero attached hydrogens (tertiary/aromatic N) is 4. The fourth-order valence-electron chi connectivity index (χ4n) is 3.01. The second kappa shape index (κ2) is 7.01. The number of hydrogen-bond donors (Lipinski definition) is 1. The minimum Gasteiger partial charge on any atom is -0.305 e. The summed E-state index contributed by atoms with van der Waals surface area (Å²) in [4.78, 5) is 38.9. The van der Waals surface area contributed by atoms with Gasteiger partial charge in [-0.15, -0.1) is 0 Å². The second-order valence-electron chi connectivity index (χ2n) is 6.63. The summed E-state index contributed by atoms with van der Waals surface area (Å²) in [6.07, 6.45) is 5.99. The quantitative estimate of drug-likeness (QED) is 0.537. The number of Topliss-reactive ketones (excluding diaryl/α,β-unsaturated/α-hetero) is 1. The number of ketones is 1. The molecule has 0 atom stereocenters. The maximum Gasteiger partial charge on any atom is 0.262 e. The van der Waals surface area contributed by atoms with E-state index in [2.05, 4.69) is 19.9 Å². The summed E-state index contributed by atoms with van der Waals surface area (Å²) in [6, 6.07) is 2.27. The highest BCUT2D eigenvalue weighted by Crippen LogP contribution is 2.21. The third-order valence-corrected chi connectivity index (χ3v) is 4.55. The van der Waals surface area contributed by atoms with E-state index in [1.807, 2.05) is 0 Å². The molecule has 0 fully saturated rings. The van der Waals surface area contributed by atoms with Crippen LogP contribution in [0.1, 0.15) is 34.1 Å². The molecule has 3 aromatic heterocycles. The van der Waals surface area contributed by atoms with Crippen molar-refractivity contribution in [2.75, 3.05) is 0 Å². The van der Waals surface area contributed by atoms with Gasteiger partial charge in [0.25, 0.3) is 5.56 Å². The maximum atomic E-state index is 14.3. The molecule has 0 spiro atoms. The van der Waals surface area contributed by atoms with Gasteiger partial charge in [0.2, 0.25) is 0 Å². The number of nitrogens with one attached hydrogen (secondary N) is 1. The Morgan fingerprint density at radius 3 is 2.72 bits per heavy atom. The Morgan fingerprint density at radius 2 is 2.00 bits per heavy atom. The minimum atomic E-state index is -0.580. The van der Waals surface area contributed by atoms with Gasteiger partial charge in [-0.25, -0.2) is 23.7 Å². The fourth-order valence-corrected chi connectivity index (χ4v) is 3.01. The lowest BCUT2D eigenvalue weighted by atomic mass is 10.1. The summed E-state index contributed by atoms with van der Waals surface area (Å²) >= 11 is 0. The SMILES string of the molecule is CC(=O)c1cnc(-c2cn3ccnc3c(Cc3cc(F)c(C)cc3F)n2)[nH]c1=O. The summed E-state index contributed by atoms with van der Waals surface area (Å²) < 4.78 is 29.9. The molecule has 0 saturated heterocycles. The number of carbonyl (C=O) groups excluding carboxylic acids is 1. The summed E-state index contributed by atoms with van der Waals surface area (Å²) in [5.41, 5.74) is 0.857. The topological polar surface area (TPSA) is 93.0 Å². The van der Waals surface area contributed by atoms with Crippen LogP contribution < -0.4 is 5.56 Å². The van der Waals surface area contributed by atoms with E-state index in [4.69, 9.17) is 0 Å².